The molecule has 1 aromatic rings. The number of nitrogens with one attached hydrogen (secondary N) is 1. The molecular formula is C15H27N3O2S. The summed E-state index contributed by atoms with van der Waals surface area (Å²) in [5.41, 5.74) is 0. The molecule has 2 rings (SSSR count). The number of hydrogen-bond acceptors (Lipinski definition) is 6. The molecule has 1 aliphatic heterocycles. The Morgan fingerprint density at radius 3 is 3.19 bits per heavy atom. The number of methoxy groups -OCH3 is 1. The molecular weight excluding hydrogens is 286 g/mol. The van der Waals surface area contributed by atoms with Crippen molar-refractivity contribution in [2.75, 3.05) is 44.9 Å². The molecule has 0 saturated carbocycles. The average molecular weight is 313 g/mol. The Bertz CT molecular complexity index is 400. The Labute approximate surface area is 131 Å². The Balaban J connectivity index is 1.79. The van der Waals surface area contributed by atoms with Crippen LogP contribution < -0.4 is 10.2 Å². The second kappa shape index (κ2) is 9.35. The maximum atomic E-state index is 5.89. The van der Waals surface area contributed by atoms with Gasteiger partial charge in [0.2, 0.25) is 0 Å². The lowest BCUT2D eigenvalue weighted by molar-refractivity contribution is 0.0440. The van der Waals surface area contributed by atoms with Crippen LogP contribution >= 0.6 is 11.3 Å². The topological polar surface area (TPSA) is 46.6 Å². The average Bonchev–Trinajstić information content (AvgIpc) is 2.99. The molecule has 1 aliphatic rings. The van der Waals surface area contributed by atoms with Gasteiger partial charge in [0.15, 0.2) is 5.13 Å². The van der Waals surface area contributed by atoms with Crippen LogP contribution in [0.2, 0.25) is 0 Å². The Morgan fingerprint density at radius 1 is 1.48 bits per heavy atom. The molecule has 1 atom stereocenters. The van der Waals surface area contributed by atoms with Gasteiger partial charge in [0.1, 0.15) is 0 Å². The molecule has 0 bridgehead atoms. The van der Waals surface area contributed by atoms with Gasteiger partial charge in [-0.3, -0.25) is 0 Å². The van der Waals surface area contributed by atoms with Crippen LogP contribution in [-0.4, -0.2) is 51.0 Å². The molecule has 1 fully saturated rings. The van der Waals surface area contributed by atoms with E-state index in [1.165, 1.54) is 17.7 Å². The fourth-order valence-corrected chi connectivity index (χ4v) is 3.36. The third kappa shape index (κ3) is 5.54. The third-order valence-corrected chi connectivity index (χ3v) is 4.59. The van der Waals surface area contributed by atoms with Crippen molar-refractivity contribution in [3.05, 3.63) is 11.1 Å². The first-order valence-electron chi connectivity index (χ1n) is 7.84. The first-order chi connectivity index (χ1) is 10.3. The molecule has 5 nitrogen and oxygen atoms in total. The minimum Gasteiger partial charge on any atom is -0.383 e. The van der Waals surface area contributed by atoms with E-state index in [-0.39, 0.29) is 0 Å². The van der Waals surface area contributed by atoms with Crippen LogP contribution in [0.1, 0.15) is 31.1 Å². The number of rotatable bonds is 9. The maximum absolute atomic E-state index is 5.89. The van der Waals surface area contributed by atoms with E-state index in [0.29, 0.717) is 6.10 Å². The van der Waals surface area contributed by atoms with E-state index < -0.39 is 0 Å². The lowest BCUT2D eigenvalue weighted by Crippen LogP contribution is -2.39. The molecule has 1 unspecified atom stereocenters. The molecule has 21 heavy (non-hydrogen) atoms. The van der Waals surface area contributed by atoms with Gasteiger partial charge in [0, 0.05) is 51.0 Å². The molecule has 2 heterocycles. The van der Waals surface area contributed by atoms with Crippen LogP contribution in [0.25, 0.3) is 0 Å². The van der Waals surface area contributed by atoms with Gasteiger partial charge in [-0.2, -0.15) is 0 Å². The summed E-state index contributed by atoms with van der Waals surface area (Å²) >= 11 is 1.78. The lowest BCUT2D eigenvalue weighted by atomic mass is 10.1. The monoisotopic (exact) mass is 313 g/mol. The molecule has 0 amide bonds. The fraction of sp³-hybridized carbons (Fsp3) is 0.800. The van der Waals surface area contributed by atoms with E-state index in [1.807, 2.05) is 6.20 Å². The van der Waals surface area contributed by atoms with Crippen molar-refractivity contribution < 1.29 is 9.47 Å². The van der Waals surface area contributed by atoms with Crippen LogP contribution in [0.5, 0.6) is 0 Å². The number of anilines is 1. The van der Waals surface area contributed by atoms with E-state index in [2.05, 4.69) is 22.1 Å². The van der Waals surface area contributed by atoms with Crippen LogP contribution in [0.4, 0.5) is 5.13 Å². The summed E-state index contributed by atoms with van der Waals surface area (Å²) in [6, 6.07) is 0. The van der Waals surface area contributed by atoms with E-state index in [0.717, 1.165) is 50.9 Å². The molecule has 1 saturated heterocycles. The number of aromatic nitrogens is 1. The van der Waals surface area contributed by atoms with Gasteiger partial charge in [-0.05, 0) is 19.3 Å². The minimum atomic E-state index is 0.367. The van der Waals surface area contributed by atoms with Gasteiger partial charge < -0.3 is 19.7 Å². The van der Waals surface area contributed by atoms with E-state index in [1.54, 1.807) is 18.4 Å². The quantitative estimate of drug-likeness (QED) is 0.709. The highest BCUT2D eigenvalue weighted by Gasteiger charge is 2.22. The van der Waals surface area contributed by atoms with Crippen LogP contribution in [0.3, 0.4) is 0 Å². The molecule has 120 valence electrons. The molecule has 0 aliphatic carbocycles. The maximum Gasteiger partial charge on any atom is 0.185 e. The highest BCUT2D eigenvalue weighted by atomic mass is 32.1. The fourth-order valence-electron chi connectivity index (χ4n) is 2.44. The van der Waals surface area contributed by atoms with Gasteiger partial charge in [0.25, 0.3) is 0 Å². The summed E-state index contributed by atoms with van der Waals surface area (Å²) in [6.45, 7) is 7.58. The summed E-state index contributed by atoms with van der Waals surface area (Å²) in [4.78, 5) is 8.21. The predicted octanol–water partition coefficient (Wildman–Crippen LogP) is 2.27. The number of piperidine rings is 1. The van der Waals surface area contributed by atoms with Crippen molar-refractivity contribution >= 4 is 16.5 Å². The van der Waals surface area contributed by atoms with Gasteiger partial charge >= 0.3 is 0 Å². The Hall–Kier alpha value is -0.690. The molecule has 1 N–H and O–H groups in total. The first-order valence-corrected chi connectivity index (χ1v) is 8.66. The standard InChI is InChI=1S/C15H27N3O2S/c1-3-8-20-13-5-4-7-18(12-13)15-17-11-14(21-15)10-16-6-9-19-2/h11,13,16H,3-10,12H2,1-2H3. The van der Waals surface area contributed by atoms with Crippen molar-refractivity contribution in [3.8, 4) is 0 Å². The van der Waals surface area contributed by atoms with Crippen molar-refractivity contribution in [2.24, 2.45) is 0 Å². The smallest absolute Gasteiger partial charge is 0.185 e. The number of nitrogens with zero attached hydrogens (tertiary/aromatic N) is 2. The zero-order chi connectivity index (χ0) is 14.9. The third-order valence-electron chi connectivity index (χ3n) is 3.53. The summed E-state index contributed by atoms with van der Waals surface area (Å²) < 4.78 is 10.9. The highest BCUT2D eigenvalue weighted by molar-refractivity contribution is 7.15. The van der Waals surface area contributed by atoms with E-state index in [4.69, 9.17) is 9.47 Å². The largest absolute Gasteiger partial charge is 0.383 e. The number of thiazole rings is 1. The van der Waals surface area contributed by atoms with Crippen molar-refractivity contribution in [3.63, 3.8) is 0 Å². The van der Waals surface area contributed by atoms with Crippen molar-refractivity contribution in [1.29, 1.82) is 0 Å². The molecule has 6 heteroatoms. The summed E-state index contributed by atoms with van der Waals surface area (Å²) in [5, 5.41) is 4.49. The summed E-state index contributed by atoms with van der Waals surface area (Å²) in [7, 11) is 1.72. The summed E-state index contributed by atoms with van der Waals surface area (Å²) in [6.07, 6.45) is 5.80. The zero-order valence-corrected chi connectivity index (χ0v) is 14.0. The summed E-state index contributed by atoms with van der Waals surface area (Å²) in [5.74, 6) is 0. The van der Waals surface area contributed by atoms with Crippen molar-refractivity contribution in [2.45, 2.75) is 38.8 Å². The SMILES string of the molecule is CCCOC1CCCN(c2ncc(CNCCOC)s2)C1. The number of ether oxygens (including phenoxy) is 2. The highest BCUT2D eigenvalue weighted by Crippen LogP contribution is 2.26. The minimum absolute atomic E-state index is 0.367. The van der Waals surface area contributed by atoms with E-state index in [9.17, 15) is 0 Å². The number of hydrogen-bond donors (Lipinski definition) is 1. The van der Waals surface area contributed by atoms with Gasteiger partial charge in [0.05, 0.1) is 12.7 Å². The molecule has 0 radical (unpaired) electrons. The normalized spacial score (nSPS) is 19.1. The first kappa shape index (κ1) is 16.7. The van der Waals surface area contributed by atoms with Gasteiger partial charge in [-0.1, -0.05) is 6.92 Å². The predicted molar refractivity (Wildman–Crippen MR) is 87.2 cm³/mol. The van der Waals surface area contributed by atoms with Crippen molar-refractivity contribution in [1.82, 2.24) is 10.3 Å². The van der Waals surface area contributed by atoms with Gasteiger partial charge in [-0.15, -0.1) is 11.3 Å². The second-order valence-corrected chi connectivity index (χ2v) is 6.45. The Kier molecular flexibility index (Phi) is 7.43. The zero-order valence-electron chi connectivity index (χ0n) is 13.1. The van der Waals surface area contributed by atoms with E-state index >= 15 is 0 Å². The Morgan fingerprint density at radius 2 is 2.38 bits per heavy atom. The van der Waals surface area contributed by atoms with Crippen LogP contribution in [0, 0.1) is 0 Å². The second-order valence-electron chi connectivity index (χ2n) is 5.36. The lowest BCUT2D eigenvalue weighted by Gasteiger charge is -2.32. The molecule has 0 aromatic carbocycles. The molecule has 1 aromatic heterocycles. The van der Waals surface area contributed by atoms with Gasteiger partial charge in [-0.25, -0.2) is 4.98 Å². The van der Waals surface area contributed by atoms with Crippen LogP contribution in [0.15, 0.2) is 6.20 Å². The van der Waals surface area contributed by atoms with Crippen LogP contribution in [-0.2, 0) is 16.0 Å². The molecule has 0 spiro atoms.